The Balaban J connectivity index is 0.000000300. The summed E-state index contributed by atoms with van der Waals surface area (Å²) in [6.45, 7) is 0. The van der Waals surface area contributed by atoms with Gasteiger partial charge in [0.15, 0.2) is 0 Å². The number of aliphatic carboxylic acids is 1. The molecule has 0 bridgehead atoms. The zero-order valence-electron chi connectivity index (χ0n) is 14.2. The number of hydrogen-bond donors (Lipinski definition) is 3. The lowest BCUT2D eigenvalue weighted by molar-refractivity contribution is -0.138. The summed E-state index contributed by atoms with van der Waals surface area (Å²) in [5.74, 6) is 0.733. The molecule has 1 aliphatic rings. The first-order valence-electron chi connectivity index (χ1n) is 8.28. The topological polar surface area (TPSA) is 92.4 Å². The van der Waals surface area contributed by atoms with Crippen LogP contribution in [-0.4, -0.2) is 42.0 Å². The van der Waals surface area contributed by atoms with E-state index in [4.69, 9.17) is 10.8 Å². The van der Waals surface area contributed by atoms with Crippen molar-refractivity contribution in [1.29, 1.82) is 0 Å². The van der Waals surface area contributed by atoms with Gasteiger partial charge in [0.05, 0.1) is 0 Å². The van der Waals surface area contributed by atoms with Crippen molar-refractivity contribution >= 4 is 29.7 Å². The average molecular weight is 353 g/mol. The number of benzene rings is 1. The SMILES string of the molecule is CNc1ccccc1.NC(CCSCCC1(C=O)CCC1)C(=O)O. The number of carboxylic acids is 1. The monoisotopic (exact) mass is 352 g/mol. The van der Waals surface area contributed by atoms with E-state index >= 15 is 0 Å². The molecule has 2 rings (SSSR count). The smallest absolute Gasteiger partial charge is 0.320 e. The van der Waals surface area contributed by atoms with Crippen molar-refractivity contribution in [3.8, 4) is 0 Å². The lowest BCUT2D eigenvalue weighted by Crippen LogP contribution is -2.32. The van der Waals surface area contributed by atoms with Crippen LogP contribution in [0.1, 0.15) is 32.1 Å². The van der Waals surface area contributed by atoms with Crippen LogP contribution in [0.25, 0.3) is 0 Å². The lowest BCUT2D eigenvalue weighted by Gasteiger charge is -2.36. The summed E-state index contributed by atoms with van der Waals surface area (Å²) in [6.07, 6.45) is 5.71. The van der Waals surface area contributed by atoms with Gasteiger partial charge in [0.2, 0.25) is 0 Å². The Bertz CT molecular complexity index is 492. The Morgan fingerprint density at radius 3 is 2.46 bits per heavy atom. The van der Waals surface area contributed by atoms with Gasteiger partial charge in [-0.05, 0) is 49.3 Å². The molecule has 0 aromatic heterocycles. The van der Waals surface area contributed by atoms with Gasteiger partial charge in [0.25, 0.3) is 0 Å². The van der Waals surface area contributed by atoms with Gasteiger partial charge in [-0.25, -0.2) is 0 Å². The number of anilines is 1. The zero-order valence-corrected chi connectivity index (χ0v) is 15.1. The maximum absolute atomic E-state index is 10.9. The number of nitrogens with two attached hydrogens (primary N) is 1. The van der Waals surface area contributed by atoms with Gasteiger partial charge in [-0.15, -0.1) is 0 Å². The van der Waals surface area contributed by atoms with Gasteiger partial charge in [0.1, 0.15) is 12.3 Å². The highest BCUT2D eigenvalue weighted by molar-refractivity contribution is 7.99. The molecule has 1 saturated carbocycles. The molecule has 0 heterocycles. The molecule has 6 heteroatoms. The number of carbonyl (C=O) groups excluding carboxylic acids is 1. The van der Waals surface area contributed by atoms with Crippen molar-refractivity contribution in [2.24, 2.45) is 11.1 Å². The minimum atomic E-state index is -0.941. The molecule has 1 fully saturated rings. The number of carboxylic acid groups (broad SMARTS) is 1. The highest BCUT2D eigenvalue weighted by atomic mass is 32.2. The van der Waals surface area contributed by atoms with E-state index in [1.807, 2.05) is 37.4 Å². The Labute approximate surface area is 148 Å². The molecular weight excluding hydrogens is 324 g/mol. The highest BCUT2D eigenvalue weighted by Crippen LogP contribution is 2.42. The summed E-state index contributed by atoms with van der Waals surface area (Å²) in [7, 11) is 1.91. The molecule has 24 heavy (non-hydrogen) atoms. The molecule has 134 valence electrons. The number of thioether (sulfide) groups is 1. The largest absolute Gasteiger partial charge is 0.480 e. The van der Waals surface area contributed by atoms with Gasteiger partial charge in [-0.3, -0.25) is 4.79 Å². The molecule has 0 radical (unpaired) electrons. The van der Waals surface area contributed by atoms with Crippen LogP contribution in [0.2, 0.25) is 0 Å². The zero-order chi connectivity index (χ0) is 17.8. The van der Waals surface area contributed by atoms with E-state index in [-0.39, 0.29) is 5.41 Å². The second kappa shape index (κ2) is 11.1. The Hall–Kier alpha value is -1.53. The van der Waals surface area contributed by atoms with Crippen LogP contribution in [0, 0.1) is 5.41 Å². The summed E-state index contributed by atoms with van der Waals surface area (Å²) in [4.78, 5) is 21.3. The molecule has 0 saturated heterocycles. The van der Waals surface area contributed by atoms with Crippen LogP contribution in [0.3, 0.4) is 0 Å². The van der Waals surface area contributed by atoms with Crippen molar-refractivity contribution in [1.82, 2.24) is 0 Å². The first kappa shape index (κ1) is 20.5. The van der Waals surface area contributed by atoms with E-state index in [9.17, 15) is 9.59 Å². The minimum absolute atomic E-state index is 0.0537. The first-order valence-corrected chi connectivity index (χ1v) is 9.44. The summed E-state index contributed by atoms with van der Waals surface area (Å²) >= 11 is 1.69. The Morgan fingerprint density at radius 2 is 2.04 bits per heavy atom. The fourth-order valence-corrected chi connectivity index (χ4v) is 3.55. The van der Waals surface area contributed by atoms with E-state index in [0.717, 1.165) is 49.2 Å². The molecule has 1 aromatic carbocycles. The van der Waals surface area contributed by atoms with E-state index < -0.39 is 12.0 Å². The van der Waals surface area contributed by atoms with Gasteiger partial charge >= 0.3 is 5.97 Å². The number of rotatable bonds is 9. The van der Waals surface area contributed by atoms with Gasteiger partial charge < -0.3 is 21.0 Å². The first-order chi connectivity index (χ1) is 11.5. The second-order valence-corrected chi connectivity index (χ2v) is 7.27. The second-order valence-electron chi connectivity index (χ2n) is 6.05. The molecular formula is C18H28N2O3S. The maximum atomic E-state index is 10.9. The predicted octanol–water partition coefficient (Wildman–Crippen LogP) is 3.01. The lowest BCUT2D eigenvalue weighted by atomic mass is 9.68. The summed E-state index contributed by atoms with van der Waals surface area (Å²) in [5.41, 5.74) is 6.49. The fourth-order valence-electron chi connectivity index (χ4n) is 2.37. The number of aldehydes is 1. The summed E-state index contributed by atoms with van der Waals surface area (Å²) in [5, 5.41) is 11.6. The average Bonchev–Trinajstić information content (AvgIpc) is 2.57. The standard InChI is InChI=1S/C11H19NO3S.C7H9N/c12-9(10(14)15)2-6-16-7-5-11(8-13)3-1-4-11;1-8-7-5-3-2-4-6-7/h8-9H,1-7,12H2,(H,14,15);2-6,8H,1H3. The van der Waals surface area contributed by atoms with Crippen molar-refractivity contribution in [2.45, 2.75) is 38.1 Å². The maximum Gasteiger partial charge on any atom is 0.320 e. The molecule has 1 unspecified atom stereocenters. The van der Waals surface area contributed by atoms with Crippen LogP contribution in [0.5, 0.6) is 0 Å². The van der Waals surface area contributed by atoms with Crippen LogP contribution in [-0.2, 0) is 9.59 Å². The van der Waals surface area contributed by atoms with E-state index in [1.165, 1.54) is 0 Å². The van der Waals surface area contributed by atoms with E-state index in [0.29, 0.717) is 6.42 Å². The fraction of sp³-hybridized carbons (Fsp3) is 0.556. The molecule has 1 atom stereocenters. The molecule has 1 aromatic rings. The third-order valence-corrected chi connectivity index (χ3v) is 5.31. The van der Waals surface area contributed by atoms with Gasteiger partial charge in [0, 0.05) is 18.2 Å². The molecule has 0 aliphatic heterocycles. The van der Waals surface area contributed by atoms with Crippen molar-refractivity contribution in [2.75, 3.05) is 23.9 Å². The van der Waals surface area contributed by atoms with E-state index in [2.05, 4.69) is 5.32 Å². The predicted molar refractivity (Wildman–Crippen MR) is 101 cm³/mol. The molecule has 5 nitrogen and oxygen atoms in total. The number of carbonyl (C=O) groups is 2. The third kappa shape index (κ3) is 7.36. The number of nitrogens with one attached hydrogen (secondary N) is 1. The number of para-hydroxylation sites is 1. The highest BCUT2D eigenvalue weighted by Gasteiger charge is 2.35. The Morgan fingerprint density at radius 1 is 1.38 bits per heavy atom. The van der Waals surface area contributed by atoms with Crippen molar-refractivity contribution < 1.29 is 14.7 Å². The van der Waals surface area contributed by atoms with E-state index in [1.54, 1.807) is 11.8 Å². The molecule has 0 amide bonds. The quantitative estimate of drug-likeness (QED) is 0.467. The van der Waals surface area contributed by atoms with Crippen molar-refractivity contribution in [3.63, 3.8) is 0 Å². The number of hydrogen-bond acceptors (Lipinski definition) is 5. The Kier molecular flexibility index (Phi) is 9.49. The molecule has 4 N–H and O–H groups in total. The van der Waals surface area contributed by atoms with Crippen LogP contribution < -0.4 is 11.1 Å². The normalized spacial score (nSPS) is 16.1. The molecule has 1 aliphatic carbocycles. The van der Waals surface area contributed by atoms with Crippen LogP contribution in [0.4, 0.5) is 5.69 Å². The summed E-state index contributed by atoms with van der Waals surface area (Å²) in [6, 6.07) is 9.31. The van der Waals surface area contributed by atoms with Gasteiger partial charge in [-0.2, -0.15) is 11.8 Å². The van der Waals surface area contributed by atoms with Gasteiger partial charge in [-0.1, -0.05) is 24.6 Å². The minimum Gasteiger partial charge on any atom is -0.480 e. The molecule has 0 spiro atoms. The summed E-state index contributed by atoms with van der Waals surface area (Å²) < 4.78 is 0. The third-order valence-electron chi connectivity index (χ3n) is 4.30. The van der Waals surface area contributed by atoms with Crippen LogP contribution in [0.15, 0.2) is 30.3 Å². The van der Waals surface area contributed by atoms with Crippen LogP contribution >= 0.6 is 11.8 Å². The van der Waals surface area contributed by atoms with Crippen molar-refractivity contribution in [3.05, 3.63) is 30.3 Å².